The molecule has 3 nitrogen and oxygen atoms in total. The molecule has 0 saturated carbocycles. The van der Waals surface area contributed by atoms with E-state index in [2.05, 4.69) is 10.4 Å². The average molecular weight is 294 g/mol. The number of hydrogen-bond donors (Lipinski definition) is 1. The number of rotatable bonds is 3. The Bertz CT molecular complexity index is 624. The Morgan fingerprint density at radius 2 is 2.35 bits per heavy atom. The second-order valence-electron chi connectivity index (χ2n) is 5.21. The Labute approximate surface area is 122 Å². The highest BCUT2D eigenvalue weighted by Crippen LogP contribution is 2.29. The average Bonchev–Trinajstić information content (AvgIpc) is 2.83. The van der Waals surface area contributed by atoms with Crippen LogP contribution in [0, 0.1) is 5.82 Å². The number of fused-ring (bicyclic) bond motifs is 1. The third-order valence-electron chi connectivity index (χ3n) is 3.95. The zero-order valence-corrected chi connectivity index (χ0v) is 12.1. The number of aryl methyl sites for hydroxylation is 1. The van der Waals surface area contributed by atoms with Crippen LogP contribution in [0.5, 0.6) is 0 Å². The van der Waals surface area contributed by atoms with Gasteiger partial charge in [0, 0.05) is 36.5 Å². The predicted molar refractivity (Wildman–Crippen MR) is 77.1 cm³/mol. The van der Waals surface area contributed by atoms with Gasteiger partial charge in [-0.1, -0.05) is 23.7 Å². The first kappa shape index (κ1) is 13.6. The minimum absolute atomic E-state index is 0.176. The lowest BCUT2D eigenvalue weighted by molar-refractivity contribution is 0.446. The van der Waals surface area contributed by atoms with Crippen LogP contribution in [-0.4, -0.2) is 9.78 Å². The summed E-state index contributed by atoms with van der Waals surface area (Å²) in [4.78, 5) is 0. The van der Waals surface area contributed by atoms with Crippen LogP contribution in [0.25, 0.3) is 0 Å². The molecule has 0 saturated heterocycles. The Morgan fingerprint density at radius 1 is 1.50 bits per heavy atom. The maximum atomic E-state index is 13.9. The summed E-state index contributed by atoms with van der Waals surface area (Å²) < 4.78 is 15.8. The van der Waals surface area contributed by atoms with Gasteiger partial charge in [0.15, 0.2) is 0 Å². The predicted octanol–water partition coefficient (Wildman–Crippen LogP) is 3.38. The van der Waals surface area contributed by atoms with Gasteiger partial charge in [-0.3, -0.25) is 4.68 Å². The van der Waals surface area contributed by atoms with E-state index in [-0.39, 0.29) is 16.9 Å². The summed E-state index contributed by atoms with van der Waals surface area (Å²) in [5.74, 6) is -0.330. The van der Waals surface area contributed by atoms with E-state index in [0.717, 1.165) is 19.3 Å². The molecule has 1 N–H and O–H groups in total. The Balaban J connectivity index is 1.75. The van der Waals surface area contributed by atoms with Crippen LogP contribution in [0.4, 0.5) is 4.39 Å². The van der Waals surface area contributed by atoms with E-state index in [1.807, 2.05) is 17.9 Å². The zero-order chi connectivity index (χ0) is 14.1. The molecule has 1 aliphatic rings. The summed E-state index contributed by atoms with van der Waals surface area (Å²) in [5.41, 5.74) is 3.12. The number of hydrogen-bond acceptors (Lipinski definition) is 2. The van der Waals surface area contributed by atoms with Crippen LogP contribution >= 0.6 is 11.6 Å². The molecular weight excluding hydrogens is 277 g/mol. The van der Waals surface area contributed by atoms with Crippen LogP contribution in [0.1, 0.15) is 35.7 Å². The van der Waals surface area contributed by atoms with Crippen molar-refractivity contribution in [2.45, 2.75) is 31.8 Å². The molecule has 1 aromatic carbocycles. The standard InChI is InChI=1S/C15H17ClFN3/c1-20-14-7-3-6-13(11(14)9-19-20)18-8-10-4-2-5-12(16)15(10)17/h2,4-5,9,13,18H,3,6-8H2,1H3. The molecule has 1 aromatic heterocycles. The first-order valence-corrected chi connectivity index (χ1v) is 7.21. The number of aromatic nitrogens is 2. The summed E-state index contributed by atoms with van der Waals surface area (Å²) >= 11 is 5.80. The monoisotopic (exact) mass is 293 g/mol. The molecule has 2 aromatic rings. The summed E-state index contributed by atoms with van der Waals surface area (Å²) in [5, 5.41) is 7.92. The smallest absolute Gasteiger partial charge is 0.146 e. The number of benzene rings is 1. The second kappa shape index (κ2) is 5.54. The van der Waals surface area contributed by atoms with Gasteiger partial charge in [0.1, 0.15) is 5.82 Å². The summed E-state index contributed by atoms with van der Waals surface area (Å²) in [6.07, 6.45) is 5.17. The Hall–Kier alpha value is -1.39. The first-order chi connectivity index (χ1) is 9.66. The van der Waals surface area contributed by atoms with Crippen LogP contribution in [0.3, 0.4) is 0 Å². The maximum Gasteiger partial charge on any atom is 0.146 e. The van der Waals surface area contributed by atoms with Crippen molar-refractivity contribution in [1.82, 2.24) is 15.1 Å². The van der Waals surface area contributed by atoms with E-state index in [1.165, 1.54) is 11.3 Å². The minimum atomic E-state index is -0.330. The molecule has 0 radical (unpaired) electrons. The number of nitrogens with zero attached hydrogens (tertiary/aromatic N) is 2. The van der Waals surface area contributed by atoms with Crippen molar-refractivity contribution >= 4 is 11.6 Å². The maximum absolute atomic E-state index is 13.9. The van der Waals surface area contributed by atoms with Gasteiger partial charge in [0.25, 0.3) is 0 Å². The molecule has 106 valence electrons. The third kappa shape index (κ3) is 2.45. The van der Waals surface area contributed by atoms with Gasteiger partial charge in [-0.15, -0.1) is 0 Å². The molecule has 1 unspecified atom stereocenters. The van der Waals surface area contributed by atoms with Crippen molar-refractivity contribution in [1.29, 1.82) is 0 Å². The number of halogens is 2. The van der Waals surface area contributed by atoms with Gasteiger partial charge in [0.05, 0.1) is 11.2 Å². The van der Waals surface area contributed by atoms with Crippen LogP contribution < -0.4 is 5.32 Å². The molecule has 3 rings (SSSR count). The van der Waals surface area contributed by atoms with E-state index in [1.54, 1.807) is 18.2 Å². The molecule has 0 spiro atoms. The van der Waals surface area contributed by atoms with E-state index in [0.29, 0.717) is 12.1 Å². The SMILES string of the molecule is Cn1ncc2c1CCCC2NCc1cccc(Cl)c1F. The van der Waals surface area contributed by atoms with Crippen LogP contribution in [-0.2, 0) is 20.0 Å². The van der Waals surface area contributed by atoms with Crippen LogP contribution in [0.15, 0.2) is 24.4 Å². The summed E-state index contributed by atoms with van der Waals surface area (Å²) in [6.45, 7) is 0.478. The highest BCUT2D eigenvalue weighted by atomic mass is 35.5. The minimum Gasteiger partial charge on any atom is -0.306 e. The molecule has 1 atom stereocenters. The molecule has 1 aliphatic carbocycles. The Morgan fingerprint density at radius 3 is 3.20 bits per heavy atom. The van der Waals surface area contributed by atoms with Gasteiger partial charge in [0.2, 0.25) is 0 Å². The first-order valence-electron chi connectivity index (χ1n) is 6.84. The van der Waals surface area contributed by atoms with E-state index < -0.39 is 0 Å². The molecule has 0 aliphatic heterocycles. The molecule has 0 amide bonds. The highest BCUT2D eigenvalue weighted by molar-refractivity contribution is 6.30. The van der Waals surface area contributed by atoms with Crippen molar-refractivity contribution < 1.29 is 4.39 Å². The van der Waals surface area contributed by atoms with Gasteiger partial charge in [-0.05, 0) is 25.3 Å². The molecular formula is C15H17ClFN3. The highest BCUT2D eigenvalue weighted by Gasteiger charge is 2.23. The Kier molecular flexibility index (Phi) is 3.76. The summed E-state index contributed by atoms with van der Waals surface area (Å²) in [6, 6.07) is 5.35. The fraction of sp³-hybridized carbons (Fsp3) is 0.400. The second-order valence-corrected chi connectivity index (χ2v) is 5.62. The zero-order valence-electron chi connectivity index (χ0n) is 11.4. The molecule has 0 bridgehead atoms. The quantitative estimate of drug-likeness (QED) is 0.940. The van der Waals surface area contributed by atoms with Crippen molar-refractivity contribution in [3.8, 4) is 0 Å². The molecule has 1 heterocycles. The van der Waals surface area contributed by atoms with Gasteiger partial charge in [-0.25, -0.2) is 4.39 Å². The van der Waals surface area contributed by atoms with Crippen molar-refractivity contribution in [2.24, 2.45) is 7.05 Å². The lowest BCUT2D eigenvalue weighted by Crippen LogP contribution is -2.25. The normalized spacial score (nSPS) is 18.1. The molecule has 20 heavy (non-hydrogen) atoms. The largest absolute Gasteiger partial charge is 0.306 e. The van der Waals surface area contributed by atoms with Crippen LogP contribution in [0.2, 0.25) is 5.02 Å². The van der Waals surface area contributed by atoms with E-state index in [4.69, 9.17) is 11.6 Å². The topological polar surface area (TPSA) is 29.9 Å². The molecule has 0 fully saturated rings. The van der Waals surface area contributed by atoms with E-state index >= 15 is 0 Å². The third-order valence-corrected chi connectivity index (χ3v) is 4.24. The number of nitrogens with one attached hydrogen (secondary N) is 1. The lowest BCUT2D eigenvalue weighted by Gasteiger charge is -2.24. The van der Waals surface area contributed by atoms with Gasteiger partial charge in [-0.2, -0.15) is 5.10 Å². The summed E-state index contributed by atoms with van der Waals surface area (Å²) in [7, 11) is 1.97. The van der Waals surface area contributed by atoms with Gasteiger partial charge < -0.3 is 5.32 Å². The van der Waals surface area contributed by atoms with Gasteiger partial charge >= 0.3 is 0 Å². The van der Waals surface area contributed by atoms with Crippen molar-refractivity contribution in [3.05, 3.63) is 52.1 Å². The van der Waals surface area contributed by atoms with E-state index in [9.17, 15) is 4.39 Å². The fourth-order valence-electron chi connectivity index (χ4n) is 2.84. The molecule has 5 heteroatoms. The fourth-order valence-corrected chi connectivity index (χ4v) is 3.03. The van der Waals surface area contributed by atoms with Crippen molar-refractivity contribution in [2.75, 3.05) is 0 Å². The lowest BCUT2D eigenvalue weighted by atomic mass is 9.93. The van der Waals surface area contributed by atoms with Crippen molar-refractivity contribution in [3.63, 3.8) is 0 Å².